The van der Waals surface area contributed by atoms with Gasteiger partial charge >= 0.3 is 382 Å². The van der Waals surface area contributed by atoms with Gasteiger partial charge in [-0.2, -0.15) is 0 Å². The average molecular weight is 1130 g/mol. The maximum atomic E-state index is 14.9. The van der Waals surface area contributed by atoms with Crippen LogP contribution in [-0.4, -0.2) is 13.1 Å². The van der Waals surface area contributed by atoms with Gasteiger partial charge in [-0.05, 0) is 0 Å². The van der Waals surface area contributed by atoms with Crippen molar-refractivity contribution in [1.29, 1.82) is 0 Å². The molecule has 0 bridgehead atoms. The summed E-state index contributed by atoms with van der Waals surface area (Å²) in [5.74, 6) is 0.197. The van der Waals surface area contributed by atoms with E-state index in [4.69, 9.17) is 0 Å². The molecule has 0 nitrogen and oxygen atoms in total. The van der Waals surface area contributed by atoms with Crippen molar-refractivity contribution in [3.8, 4) is 22.3 Å². The first kappa shape index (κ1) is 55.3. The van der Waals surface area contributed by atoms with Crippen molar-refractivity contribution < 1.29 is 83.3 Å². The molecule has 19 heteroatoms. The predicted octanol–water partition coefficient (Wildman–Crippen LogP) is 18.3. The zero-order chi connectivity index (χ0) is 48.7. The van der Waals surface area contributed by atoms with Gasteiger partial charge in [0.05, 0.1) is 0 Å². The molecule has 0 N–H and O–H groups in total. The third-order valence-electron chi connectivity index (χ3n) is 14.9. The van der Waals surface area contributed by atoms with Gasteiger partial charge in [0.15, 0.2) is 0 Å². The average Bonchev–Trinajstić information content (AvgIpc) is 4.06. The first-order valence-electron chi connectivity index (χ1n) is 22.4. The molecule has 0 heterocycles. The normalized spacial score (nSPS) is 19.5. The summed E-state index contributed by atoms with van der Waals surface area (Å²) in [6.07, 6.45) is -15.3. The standard InChI is InChI=1S/2C23H19F6.C3H4F3.CH3.2ClH.H2Si.Zr/c2*24-22(25,26)18-11-17(12-19(13-18)23(27,28)29)20-7-3-6-16-9-15(10-21(16)20)8-14-4-1-2-5-14;1-2-3(4,5)6;;;;;/h2*3,6-7,9-14H,1-2,4-5,8H2;1-2H2;1H3;2*1H;1H2;. The van der Waals surface area contributed by atoms with E-state index in [1.54, 1.807) is 31.2 Å². The van der Waals surface area contributed by atoms with Gasteiger partial charge in [-0.15, -0.1) is 24.8 Å². The van der Waals surface area contributed by atoms with Gasteiger partial charge in [0.1, 0.15) is 0 Å². The minimum atomic E-state index is -5.65. The van der Waals surface area contributed by atoms with Crippen LogP contribution >= 0.6 is 24.8 Å². The molecule has 2 fully saturated rings. The van der Waals surface area contributed by atoms with Crippen LogP contribution in [0, 0.1) is 11.8 Å². The van der Waals surface area contributed by atoms with E-state index < -0.39 is 84.2 Å². The predicted molar refractivity (Wildman–Crippen MR) is 243 cm³/mol. The van der Waals surface area contributed by atoms with Crippen molar-refractivity contribution >= 4 is 43.8 Å². The fraction of sp³-hybridized carbons (Fsp3) is 0.440. The topological polar surface area (TPSA) is 0 Å². The molecule has 4 aliphatic rings. The third kappa shape index (κ3) is 11.3. The summed E-state index contributed by atoms with van der Waals surface area (Å²) in [5, 5.41) is 0. The summed E-state index contributed by atoms with van der Waals surface area (Å²) < 4.78 is 216. The van der Waals surface area contributed by atoms with Crippen LogP contribution < -0.4 is 0 Å². The number of allylic oxidation sites excluding steroid dienone is 2. The molecule has 8 rings (SSSR count). The van der Waals surface area contributed by atoms with Crippen molar-refractivity contribution in [3.05, 3.63) is 128 Å². The Hall–Kier alpha value is -3.01. The Labute approximate surface area is 404 Å². The number of hydrogen-bond donors (Lipinski definition) is 0. The van der Waals surface area contributed by atoms with E-state index in [1.165, 1.54) is 24.3 Å². The van der Waals surface area contributed by atoms with Crippen LogP contribution in [0.25, 0.3) is 34.4 Å². The molecular weight excluding hydrogens is 1080 g/mol. The first-order chi connectivity index (χ1) is 31.0. The number of hydrogen-bond acceptors (Lipinski definition) is 0. The van der Waals surface area contributed by atoms with E-state index >= 15 is 0 Å². The monoisotopic (exact) mass is 1120 g/mol. The van der Waals surface area contributed by atoms with Crippen LogP contribution in [0.3, 0.4) is 0 Å². The van der Waals surface area contributed by atoms with Gasteiger partial charge in [-0.3, -0.25) is 0 Å². The Balaban J connectivity index is 0.00000391. The van der Waals surface area contributed by atoms with Crippen LogP contribution in [0.5, 0.6) is 0 Å². The second-order valence-corrected chi connectivity index (χ2v) is 48.3. The molecule has 0 aromatic heterocycles. The quantitative estimate of drug-likeness (QED) is 0.110. The second-order valence-electron chi connectivity index (χ2n) is 19.9. The molecule has 69 heavy (non-hydrogen) atoms. The van der Waals surface area contributed by atoms with Crippen molar-refractivity contribution in [1.82, 2.24) is 0 Å². The molecule has 4 aromatic carbocycles. The Morgan fingerprint density at radius 3 is 1.10 bits per heavy atom. The van der Waals surface area contributed by atoms with Crippen molar-refractivity contribution in [2.45, 2.75) is 118 Å². The SMILES string of the molecule is Cl.Cl.[CH3][Zr](=[SiH2])([CH2]CC(F)(F)F)([CH]1C(CC2CCCC2)=Cc2c(-c3cc(C(F)(F)F)cc(C(F)(F)F)c3)cccc21)[CH]1C(CC2CCCC2)=Cc2c(-c3cc(C(F)(F)F)cc(C(F)(F)F)c3)cccc21. The first-order valence-corrected chi connectivity index (χ1v) is 35.3. The van der Waals surface area contributed by atoms with Crippen LogP contribution in [0.1, 0.15) is 122 Å². The number of fused-ring (bicyclic) bond motifs is 2. The van der Waals surface area contributed by atoms with Gasteiger partial charge in [-0.1, -0.05) is 0 Å². The number of benzene rings is 4. The molecule has 2 unspecified atom stereocenters. The zero-order valence-corrected chi connectivity index (χ0v) is 42.6. The molecule has 4 aliphatic carbocycles. The van der Waals surface area contributed by atoms with Gasteiger partial charge in [0.25, 0.3) is 0 Å². The molecule has 376 valence electrons. The van der Waals surface area contributed by atoms with Gasteiger partial charge in [0.2, 0.25) is 0 Å². The van der Waals surface area contributed by atoms with Crippen LogP contribution in [0.15, 0.2) is 83.9 Å². The molecule has 0 amide bonds. The molecule has 0 aliphatic heterocycles. The van der Waals surface area contributed by atoms with Gasteiger partial charge < -0.3 is 0 Å². The summed E-state index contributed by atoms with van der Waals surface area (Å²) >= 11 is -5.65. The van der Waals surface area contributed by atoms with Crippen molar-refractivity contribution in [3.63, 3.8) is 0 Å². The fourth-order valence-electron chi connectivity index (χ4n) is 12.1. The number of rotatable bonds is 10. The van der Waals surface area contributed by atoms with Gasteiger partial charge in [-0.25, -0.2) is 0 Å². The molecule has 2 saturated carbocycles. The second kappa shape index (κ2) is 19.4. The molecule has 0 saturated heterocycles. The summed E-state index contributed by atoms with van der Waals surface area (Å²) in [5.41, 5.74) is -3.57. The van der Waals surface area contributed by atoms with Crippen LogP contribution in [0.4, 0.5) is 65.9 Å². The van der Waals surface area contributed by atoms with E-state index in [1.807, 2.05) is 4.63 Å². The maximum absolute atomic E-state index is 14.9. The van der Waals surface area contributed by atoms with E-state index in [2.05, 4.69) is 0 Å². The Morgan fingerprint density at radius 1 is 0.493 bits per heavy atom. The molecule has 4 aromatic rings. The fourth-order valence-corrected chi connectivity index (χ4v) is 35.8. The molecule has 0 spiro atoms. The van der Waals surface area contributed by atoms with Crippen molar-refractivity contribution in [2.24, 2.45) is 11.8 Å². The van der Waals surface area contributed by atoms with E-state index in [0.717, 1.165) is 62.5 Å². The minimum absolute atomic E-state index is 0. The van der Waals surface area contributed by atoms with Crippen LogP contribution in [-0.2, 0) is 42.1 Å². The summed E-state index contributed by atoms with van der Waals surface area (Å²) in [7, 11) is 0. The molecule has 0 radical (unpaired) electrons. The Bertz CT molecular complexity index is 2460. The zero-order valence-electron chi connectivity index (χ0n) is 37.1. The Kier molecular flexibility index (Phi) is 15.6. The summed E-state index contributed by atoms with van der Waals surface area (Å²) in [6.45, 7) is 1.58. The van der Waals surface area contributed by atoms with E-state index in [-0.39, 0.29) is 75.2 Å². The summed E-state index contributed by atoms with van der Waals surface area (Å²) in [6, 6.07) is 11.9. The molecular formula is C50H49Cl2F15SiZr. The third-order valence-corrected chi connectivity index (χ3v) is 37.8. The Morgan fingerprint density at radius 2 is 0.812 bits per heavy atom. The van der Waals surface area contributed by atoms with Gasteiger partial charge in [0, 0.05) is 0 Å². The van der Waals surface area contributed by atoms with E-state index in [0.29, 0.717) is 59.4 Å². The van der Waals surface area contributed by atoms with Crippen LogP contribution in [0.2, 0.25) is 8.76 Å². The summed E-state index contributed by atoms with van der Waals surface area (Å²) in [4.78, 5) is 0. The number of alkyl halides is 15. The van der Waals surface area contributed by atoms with E-state index in [9.17, 15) is 65.9 Å². The number of halogens is 17. The molecule has 2 atom stereocenters. The van der Waals surface area contributed by atoms with Crippen molar-refractivity contribution in [2.75, 3.05) is 0 Å².